The molecule has 0 aliphatic carbocycles. The molecule has 2 nitrogen and oxygen atoms in total. The first-order chi connectivity index (χ1) is 23.1. The molecule has 0 radical (unpaired) electrons. The fourth-order valence-corrected chi connectivity index (χ4v) is 7.49. The average molecular weight is 603 g/mol. The predicted molar refractivity (Wildman–Crippen MR) is 199 cm³/mol. The second-order valence-electron chi connectivity index (χ2n) is 13.0. The van der Waals surface area contributed by atoms with Gasteiger partial charge in [0.15, 0.2) is 0 Å². The van der Waals surface area contributed by atoms with Crippen molar-refractivity contribution in [3.63, 3.8) is 0 Å². The highest BCUT2D eigenvalue weighted by Crippen LogP contribution is 2.39. The van der Waals surface area contributed by atoms with Gasteiger partial charge in [-0.3, -0.25) is 0 Å². The number of fused-ring (bicyclic) bond motifs is 6. The highest BCUT2D eigenvalue weighted by molar-refractivity contribution is 6.13. The summed E-state index contributed by atoms with van der Waals surface area (Å²) in [5, 5.41) is 5.04. The van der Waals surface area contributed by atoms with Crippen molar-refractivity contribution >= 4 is 43.6 Å². The van der Waals surface area contributed by atoms with E-state index in [0.29, 0.717) is 0 Å². The summed E-state index contributed by atoms with van der Waals surface area (Å²) >= 11 is 0. The summed E-state index contributed by atoms with van der Waals surface area (Å²) in [6, 6.07) is 62.0. The van der Waals surface area contributed by atoms with Crippen LogP contribution in [0.25, 0.3) is 66.1 Å². The number of nitrogens with zero attached hydrogens (tertiary/aromatic N) is 2. The first-order valence-corrected chi connectivity index (χ1v) is 16.4. The zero-order chi connectivity index (χ0) is 31.5. The Kier molecular flexibility index (Phi) is 6.20. The summed E-state index contributed by atoms with van der Waals surface area (Å²) in [4.78, 5) is 0. The van der Waals surface area contributed by atoms with Crippen molar-refractivity contribution < 1.29 is 0 Å². The SMILES string of the molecule is CC(C)(c1ccccc1)c1ccc(-n2c3ccc(-c4ccccc4)cc3c3cc(-n4c5ccccc5c5ccccc54)ccc32)cc1. The number of hydrogen-bond acceptors (Lipinski definition) is 0. The third kappa shape index (κ3) is 4.33. The molecule has 224 valence electrons. The molecule has 0 bridgehead atoms. The maximum Gasteiger partial charge on any atom is 0.0542 e. The molecule has 7 aromatic carbocycles. The van der Waals surface area contributed by atoms with Gasteiger partial charge in [0, 0.05) is 38.3 Å². The topological polar surface area (TPSA) is 9.86 Å². The molecule has 0 atom stereocenters. The van der Waals surface area contributed by atoms with Crippen LogP contribution in [0.4, 0.5) is 0 Å². The van der Waals surface area contributed by atoms with Crippen LogP contribution in [-0.2, 0) is 5.41 Å². The Bertz CT molecular complexity index is 2510. The fraction of sp³-hybridized carbons (Fsp3) is 0.0667. The van der Waals surface area contributed by atoms with Gasteiger partial charge in [0.25, 0.3) is 0 Å². The Morgan fingerprint density at radius 2 is 0.809 bits per heavy atom. The lowest BCUT2D eigenvalue weighted by Gasteiger charge is -2.26. The molecule has 0 aliphatic rings. The summed E-state index contributed by atoms with van der Waals surface area (Å²) in [5.41, 5.74) is 12.1. The molecule has 0 N–H and O–H groups in total. The monoisotopic (exact) mass is 602 g/mol. The number of rotatable bonds is 5. The van der Waals surface area contributed by atoms with Crippen LogP contribution >= 0.6 is 0 Å². The van der Waals surface area contributed by atoms with Gasteiger partial charge in [-0.25, -0.2) is 0 Å². The van der Waals surface area contributed by atoms with E-state index in [1.54, 1.807) is 0 Å². The number of para-hydroxylation sites is 2. The molecule has 2 aromatic heterocycles. The molecule has 0 unspecified atom stereocenters. The smallest absolute Gasteiger partial charge is 0.0542 e. The lowest BCUT2D eigenvalue weighted by Crippen LogP contribution is -2.18. The van der Waals surface area contributed by atoms with Gasteiger partial charge in [0.1, 0.15) is 0 Å². The van der Waals surface area contributed by atoms with Gasteiger partial charge in [-0.1, -0.05) is 129 Å². The van der Waals surface area contributed by atoms with Crippen LogP contribution in [0.2, 0.25) is 0 Å². The van der Waals surface area contributed by atoms with Crippen molar-refractivity contribution in [1.29, 1.82) is 0 Å². The first kappa shape index (κ1) is 27.5. The van der Waals surface area contributed by atoms with Crippen LogP contribution in [0.3, 0.4) is 0 Å². The maximum atomic E-state index is 2.42. The van der Waals surface area contributed by atoms with Crippen molar-refractivity contribution in [3.05, 3.63) is 181 Å². The molecule has 2 heteroatoms. The summed E-state index contributed by atoms with van der Waals surface area (Å²) in [7, 11) is 0. The molecular formula is C45H34N2. The number of aromatic nitrogens is 2. The molecule has 2 heterocycles. The van der Waals surface area contributed by atoms with Crippen molar-refractivity contribution in [2.75, 3.05) is 0 Å². The molecule has 0 saturated carbocycles. The fourth-order valence-electron chi connectivity index (χ4n) is 7.49. The number of hydrogen-bond donors (Lipinski definition) is 0. The molecule has 0 saturated heterocycles. The average Bonchev–Trinajstić information content (AvgIpc) is 3.64. The molecule has 0 spiro atoms. The van der Waals surface area contributed by atoms with Crippen LogP contribution in [0.1, 0.15) is 25.0 Å². The molecule has 0 amide bonds. The Morgan fingerprint density at radius 1 is 0.340 bits per heavy atom. The minimum absolute atomic E-state index is 0.0948. The van der Waals surface area contributed by atoms with Crippen LogP contribution in [0.15, 0.2) is 170 Å². The first-order valence-electron chi connectivity index (χ1n) is 16.4. The summed E-state index contributed by atoms with van der Waals surface area (Å²) in [5.74, 6) is 0. The van der Waals surface area contributed by atoms with E-state index < -0.39 is 0 Å². The summed E-state index contributed by atoms with van der Waals surface area (Å²) < 4.78 is 4.84. The Hall–Kier alpha value is -5.86. The van der Waals surface area contributed by atoms with E-state index in [0.717, 1.165) is 5.69 Å². The van der Waals surface area contributed by atoms with Gasteiger partial charge in [-0.2, -0.15) is 0 Å². The Labute approximate surface area is 274 Å². The predicted octanol–water partition coefficient (Wildman–Crippen LogP) is 11.9. The van der Waals surface area contributed by atoms with E-state index in [9.17, 15) is 0 Å². The van der Waals surface area contributed by atoms with Gasteiger partial charge >= 0.3 is 0 Å². The minimum Gasteiger partial charge on any atom is -0.309 e. The van der Waals surface area contributed by atoms with Gasteiger partial charge in [-0.05, 0) is 76.9 Å². The molecular weight excluding hydrogens is 569 g/mol. The van der Waals surface area contributed by atoms with Crippen LogP contribution in [-0.4, -0.2) is 9.13 Å². The zero-order valence-corrected chi connectivity index (χ0v) is 26.6. The molecule has 9 rings (SSSR count). The zero-order valence-electron chi connectivity index (χ0n) is 26.6. The third-order valence-corrected chi connectivity index (χ3v) is 10.0. The highest BCUT2D eigenvalue weighted by Gasteiger charge is 2.23. The lowest BCUT2D eigenvalue weighted by atomic mass is 9.78. The quantitative estimate of drug-likeness (QED) is 0.185. The Balaban J connectivity index is 1.27. The summed E-state index contributed by atoms with van der Waals surface area (Å²) in [6.45, 7) is 4.61. The summed E-state index contributed by atoms with van der Waals surface area (Å²) in [6.07, 6.45) is 0. The van der Waals surface area contributed by atoms with Gasteiger partial charge < -0.3 is 9.13 Å². The van der Waals surface area contributed by atoms with Crippen molar-refractivity contribution in [2.45, 2.75) is 19.3 Å². The van der Waals surface area contributed by atoms with Gasteiger partial charge in [0.05, 0.1) is 22.1 Å². The largest absolute Gasteiger partial charge is 0.309 e. The standard InChI is InChI=1S/C45H34N2/c1-45(2,33-15-7-4-8-16-33)34-22-24-35(25-23-34)46-43-27-21-32(31-13-5-3-6-14-31)29-39(43)40-30-36(26-28-44(40)46)47-41-19-11-9-17-37(41)38-18-10-12-20-42(38)47/h3-30H,1-2H3. The van der Waals surface area contributed by atoms with E-state index in [2.05, 4.69) is 193 Å². The van der Waals surface area contributed by atoms with Crippen LogP contribution in [0, 0.1) is 0 Å². The van der Waals surface area contributed by atoms with E-state index in [1.807, 2.05) is 0 Å². The molecule has 47 heavy (non-hydrogen) atoms. The second kappa shape index (κ2) is 10.6. The molecule has 0 fully saturated rings. The normalized spacial score (nSPS) is 12.0. The second-order valence-corrected chi connectivity index (χ2v) is 13.0. The lowest BCUT2D eigenvalue weighted by molar-refractivity contribution is 0.641. The minimum atomic E-state index is -0.0948. The van der Waals surface area contributed by atoms with Crippen LogP contribution < -0.4 is 0 Å². The van der Waals surface area contributed by atoms with Crippen molar-refractivity contribution in [1.82, 2.24) is 9.13 Å². The number of benzene rings is 7. The van der Waals surface area contributed by atoms with E-state index in [4.69, 9.17) is 0 Å². The van der Waals surface area contributed by atoms with Crippen molar-refractivity contribution in [2.24, 2.45) is 0 Å². The molecule has 9 aromatic rings. The van der Waals surface area contributed by atoms with E-state index in [1.165, 1.54) is 71.6 Å². The van der Waals surface area contributed by atoms with Crippen molar-refractivity contribution in [3.8, 4) is 22.5 Å². The van der Waals surface area contributed by atoms with Gasteiger partial charge in [-0.15, -0.1) is 0 Å². The molecule has 0 aliphatic heterocycles. The third-order valence-electron chi connectivity index (χ3n) is 10.0. The maximum absolute atomic E-state index is 2.42. The Morgan fingerprint density at radius 3 is 1.47 bits per heavy atom. The highest BCUT2D eigenvalue weighted by atomic mass is 15.0. The van der Waals surface area contributed by atoms with Gasteiger partial charge in [0.2, 0.25) is 0 Å². The van der Waals surface area contributed by atoms with E-state index in [-0.39, 0.29) is 5.41 Å². The van der Waals surface area contributed by atoms with Crippen LogP contribution in [0.5, 0.6) is 0 Å². The van der Waals surface area contributed by atoms with E-state index >= 15 is 0 Å².